The molecule has 7 aromatic rings. The van der Waals surface area contributed by atoms with Gasteiger partial charge in [0, 0.05) is 43.0 Å². The van der Waals surface area contributed by atoms with Crippen LogP contribution in [0.1, 0.15) is 28.7 Å². The topological polar surface area (TPSA) is 40.6 Å². The van der Waals surface area contributed by atoms with Crippen LogP contribution >= 0.6 is 0 Å². The maximum absolute atomic E-state index is 12.4. The van der Waals surface area contributed by atoms with E-state index in [2.05, 4.69) is 188 Å². The molecule has 0 fully saturated rings. The molecule has 12 rings (SSSR count). The van der Waals surface area contributed by atoms with Gasteiger partial charge in [-0.3, -0.25) is 14.5 Å². The van der Waals surface area contributed by atoms with E-state index in [1.807, 2.05) is 12.2 Å². The van der Waals surface area contributed by atoms with Crippen LogP contribution in [0.4, 0.5) is 11.4 Å². The minimum atomic E-state index is -0.249. The van der Waals surface area contributed by atoms with Crippen molar-refractivity contribution in [2.45, 2.75) is 6.42 Å². The lowest BCUT2D eigenvalue weighted by Crippen LogP contribution is -2.34. The lowest BCUT2D eigenvalue weighted by atomic mass is 9.81. The molecule has 0 saturated carbocycles. The number of amides is 2. The summed E-state index contributed by atoms with van der Waals surface area (Å²) in [5, 5.41) is 5.24. The molecule has 2 amide bonds. The molecule has 0 saturated heterocycles. The first-order valence-electron chi connectivity index (χ1n) is 22.1. The Kier molecular flexibility index (Phi) is 9.01. The average Bonchev–Trinajstić information content (AvgIpc) is 4.29. The number of allylic oxidation sites excluding steroid dienone is 9. The Morgan fingerprint density at radius 1 is 0.656 bits per heavy atom. The number of hydrogen-bond donors (Lipinski definition) is 0. The highest BCUT2D eigenvalue weighted by atomic mass is 16.2. The molecule has 0 bridgehead atoms. The zero-order valence-corrected chi connectivity index (χ0v) is 35.2. The molecular formula is C60H42N2O2. The van der Waals surface area contributed by atoms with E-state index in [1.165, 1.54) is 106 Å². The third-order valence-corrected chi connectivity index (χ3v) is 13.3. The van der Waals surface area contributed by atoms with Crippen LogP contribution in [-0.2, 0) is 9.59 Å². The van der Waals surface area contributed by atoms with Crippen molar-refractivity contribution in [3.63, 3.8) is 0 Å². The Labute approximate surface area is 373 Å². The van der Waals surface area contributed by atoms with Crippen LogP contribution < -0.4 is 4.90 Å². The third-order valence-electron chi connectivity index (χ3n) is 13.3. The molecule has 1 aliphatic heterocycles. The Morgan fingerprint density at radius 2 is 1.30 bits per heavy atom. The number of imide groups is 1. The van der Waals surface area contributed by atoms with Crippen LogP contribution in [0.15, 0.2) is 212 Å². The highest BCUT2D eigenvalue weighted by Gasteiger charge is 2.38. The summed E-state index contributed by atoms with van der Waals surface area (Å²) in [6, 6.07) is 48.9. The number of anilines is 2. The fraction of sp³-hybridized carbons (Fsp3) is 0.0667. The SMILES string of the molecule is C=C/C=C(\C=C/CN(c1ccc(-c2cccc3c2C2=C[C]2c2ccccc2-3)cc1)c1ccc(-c2cccc3c2c2c(c4ccccc43)[CH]2)cc1)C1=CC(CN2C(=O)C=CC2=O)CC=C1. The molecule has 5 aliphatic rings. The van der Waals surface area contributed by atoms with E-state index in [0.29, 0.717) is 13.1 Å². The smallest absolute Gasteiger partial charge is 0.253 e. The highest BCUT2D eigenvalue weighted by molar-refractivity contribution is 6.20. The van der Waals surface area contributed by atoms with E-state index in [9.17, 15) is 9.59 Å². The molecule has 0 spiro atoms. The first kappa shape index (κ1) is 37.9. The molecular weight excluding hydrogens is 781 g/mol. The maximum Gasteiger partial charge on any atom is 0.253 e. The van der Waals surface area contributed by atoms with Crippen LogP contribution in [0.5, 0.6) is 0 Å². The number of carbonyl (C=O) groups is 2. The van der Waals surface area contributed by atoms with Crippen LogP contribution in [-0.4, -0.2) is 29.8 Å². The second-order valence-corrected chi connectivity index (χ2v) is 17.1. The van der Waals surface area contributed by atoms with Crippen molar-refractivity contribution in [2.75, 3.05) is 18.0 Å². The number of fused-ring (bicyclic) bond motifs is 12. The third kappa shape index (κ3) is 6.45. The number of rotatable bonds is 11. The largest absolute Gasteiger partial charge is 0.338 e. The lowest BCUT2D eigenvalue weighted by Gasteiger charge is -2.25. The van der Waals surface area contributed by atoms with Crippen molar-refractivity contribution in [3.8, 4) is 33.4 Å². The van der Waals surface area contributed by atoms with Crippen molar-refractivity contribution < 1.29 is 9.59 Å². The van der Waals surface area contributed by atoms with Gasteiger partial charge in [-0.15, -0.1) is 0 Å². The molecule has 304 valence electrons. The second-order valence-electron chi connectivity index (χ2n) is 17.1. The Balaban J connectivity index is 0.881. The molecule has 0 N–H and O–H groups in total. The van der Waals surface area contributed by atoms with E-state index >= 15 is 0 Å². The van der Waals surface area contributed by atoms with Crippen molar-refractivity contribution in [1.29, 1.82) is 0 Å². The van der Waals surface area contributed by atoms with E-state index in [4.69, 9.17) is 0 Å². The van der Waals surface area contributed by atoms with E-state index in [0.717, 1.165) is 28.9 Å². The predicted molar refractivity (Wildman–Crippen MR) is 263 cm³/mol. The summed E-state index contributed by atoms with van der Waals surface area (Å²) in [4.78, 5) is 28.4. The summed E-state index contributed by atoms with van der Waals surface area (Å²) in [7, 11) is 0. The van der Waals surface area contributed by atoms with Crippen LogP contribution in [0, 0.1) is 18.3 Å². The first-order chi connectivity index (χ1) is 31.5. The van der Waals surface area contributed by atoms with Crippen molar-refractivity contribution >= 4 is 50.3 Å². The second kappa shape index (κ2) is 15.2. The Bertz CT molecular complexity index is 3320. The maximum atomic E-state index is 12.4. The number of nitrogens with zero attached hydrogens (tertiary/aromatic N) is 2. The zero-order valence-electron chi connectivity index (χ0n) is 35.2. The van der Waals surface area contributed by atoms with Gasteiger partial charge in [0.15, 0.2) is 0 Å². The van der Waals surface area contributed by atoms with Gasteiger partial charge in [-0.25, -0.2) is 0 Å². The van der Waals surface area contributed by atoms with Crippen molar-refractivity contribution in [3.05, 3.63) is 247 Å². The lowest BCUT2D eigenvalue weighted by molar-refractivity contribution is -0.137. The number of hydrogen-bond acceptors (Lipinski definition) is 3. The molecule has 0 aromatic heterocycles. The summed E-state index contributed by atoms with van der Waals surface area (Å²) in [6.45, 7) is 4.99. The Morgan fingerprint density at radius 3 is 2.06 bits per heavy atom. The van der Waals surface area contributed by atoms with Gasteiger partial charge in [0.25, 0.3) is 11.8 Å². The molecule has 1 unspecified atom stereocenters. The van der Waals surface area contributed by atoms with Crippen molar-refractivity contribution in [1.82, 2.24) is 4.90 Å². The van der Waals surface area contributed by atoms with Crippen LogP contribution in [0.3, 0.4) is 0 Å². The van der Waals surface area contributed by atoms with Gasteiger partial charge in [0.2, 0.25) is 0 Å². The predicted octanol–water partition coefficient (Wildman–Crippen LogP) is 13.5. The van der Waals surface area contributed by atoms with Gasteiger partial charge in [0.05, 0.1) is 5.92 Å². The molecule has 2 radical (unpaired) electrons. The van der Waals surface area contributed by atoms with Gasteiger partial charge in [-0.1, -0.05) is 164 Å². The monoisotopic (exact) mass is 822 g/mol. The molecule has 4 aliphatic carbocycles. The quantitative estimate of drug-likeness (QED) is 0.0741. The minimum Gasteiger partial charge on any atom is -0.338 e. The van der Waals surface area contributed by atoms with Gasteiger partial charge in [-0.2, -0.15) is 0 Å². The Hall–Kier alpha value is -7.82. The number of carbonyl (C=O) groups excluding carboxylic acids is 2. The van der Waals surface area contributed by atoms with Gasteiger partial charge < -0.3 is 4.90 Å². The minimum absolute atomic E-state index is 0.0271. The van der Waals surface area contributed by atoms with Gasteiger partial charge in [0.1, 0.15) is 0 Å². The fourth-order valence-corrected chi connectivity index (χ4v) is 10.2. The summed E-state index contributed by atoms with van der Waals surface area (Å²) < 4.78 is 0. The van der Waals surface area contributed by atoms with E-state index in [-0.39, 0.29) is 17.7 Å². The molecule has 4 nitrogen and oxygen atoms in total. The van der Waals surface area contributed by atoms with Crippen LogP contribution in [0.2, 0.25) is 0 Å². The first-order valence-corrected chi connectivity index (χ1v) is 22.1. The normalized spacial score (nSPS) is 17.0. The number of benzene rings is 7. The van der Waals surface area contributed by atoms with Gasteiger partial charge in [-0.05, 0) is 131 Å². The summed E-state index contributed by atoms with van der Waals surface area (Å²) in [5.41, 5.74) is 18.4. The van der Waals surface area contributed by atoms with E-state index in [1.54, 1.807) is 0 Å². The van der Waals surface area contributed by atoms with E-state index < -0.39 is 0 Å². The standard InChI is InChI=1S/C60H42N2O2/c1-2-11-39(42-13-7-12-38(34-42)37-62-57(63)31-32-58(62)64)14-10-33-61(43-27-23-40(24-28-43)45-19-8-21-51-47-15-3-5-17-49(47)53-35-55(53)59(45)51)44-29-25-41(26-30-44)46-20-9-22-52-48-16-4-6-18-50(48)54-36-56(54)60(46)52/h2-11,13-32,34-36,38H,1,12,33,37H2/b14-10-,39-11+. The highest BCUT2D eigenvalue weighted by Crippen LogP contribution is 2.57. The molecule has 64 heavy (non-hydrogen) atoms. The van der Waals surface area contributed by atoms with Crippen LogP contribution in [0.25, 0.3) is 60.5 Å². The average molecular weight is 823 g/mol. The molecule has 7 aromatic carbocycles. The molecule has 4 heteroatoms. The molecule has 1 atom stereocenters. The molecule has 1 heterocycles. The summed E-state index contributed by atoms with van der Waals surface area (Å²) in [5.74, 6) is 0.886. The summed E-state index contributed by atoms with van der Waals surface area (Å²) >= 11 is 0. The van der Waals surface area contributed by atoms with Gasteiger partial charge >= 0.3 is 0 Å². The zero-order chi connectivity index (χ0) is 42.9. The summed E-state index contributed by atoms with van der Waals surface area (Å²) in [6.07, 6.45) is 22.7. The van der Waals surface area contributed by atoms with Crippen molar-refractivity contribution in [2.24, 2.45) is 5.92 Å². The fourth-order valence-electron chi connectivity index (χ4n) is 10.2.